The highest BCUT2D eigenvalue weighted by molar-refractivity contribution is 5.97. The molecule has 0 spiro atoms. The van der Waals surface area contributed by atoms with Gasteiger partial charge in [-0.2, -0.15) is 4.98 Å². The molecular weight excluding hydrogens is 353 g/mol. The fraction of sp³-hybridized carbons (Fsp3) is 0.118. The Morgan fingerprint density at radius 1 is 1.26 bits per heavy atom. The van der Waals surface area contributed by atoms with Gasteiger partial charge >= 0.3 is 0 Å². The first-order valence-corrected chi connectivity index (χ1v) is 7.93. The van der Waals surface area contributed by atoms with Gasteiger partial charge in [-0.15, -0.1) is 0 Å². The average Bonchev–Trinajstić information content (AvgIpc) is 2.64. The first kappa shape index (κ1) is 18.0. The van der Waals surface area contributed by atoms with E-state index < -0.39 is 17.8 Å². The third kappa shape index (κ3) is 4.24. The molecule has 0 aliphatic carbocycles. The number of anilines is 3. The van der Waals surface area contributed by atoms with E-state index in [-0.39, 0.29) is 28.6 Å². The van der Waals surface area contributed by atoms with Crippen molar-refractivity contribution >= 4 is 23.4 Å². The number of rotatable bonds is 6. The van der Waals surface area contributed by atoms with E-state index in [2.05, 4.69) is 30.6 Å². The second kappa shape index (κ2) is 7.60. The van der Waals surface area contributed by atoms with Crippen molar-refractivity contribution in [2.75, 3.05) is 10.6 Å². The van der Waals surface area contributed by atoms with Gasteiger partial charge < -0.3 is 21.4 Å². The molecule has 3 rings (SSSR count). The Morgan fingerprint density at radius 2 is 2.07 bits per heavy atom. The molecule has 0 saturated carbocycles. The van der Waals surface area contributed by atoms with Crippen LogP contribution in [0.15, 0.2) is 47.7 Å². The van der Waals surface area contributed by atoms with E-state index in [1.165, 1.54) is 24.5 Å². The minimum absolute atomic E-state index is 0.0662. The van der Waals surface area contributed by atoms with Gasteiger partial charge in [-0.3, -0.25) is 14.6 Å². The maximum Gasteiger partial charge on any atom is 0.271 e. The highest BCUT2D eigenvalue weighted by Crippen LogP contribution is 2.21. The molecule has 5 N–H and O–H groups in total. The van der Waals surface area contributed by atoms with Crippen molar-refractivity contribution < 1.29 is 9.18 Å². The van der Waals surface area contributed by atoms with Crippen molar-refractivity contribution in [3.63, 3.8) is 0 Å². The lowest BCUT2D eigenvalue weighted by molar-refractivity contribution is 0.100. The third-order valence-electron chi connectivity index (χ3n) is 3.67. The van der Waals surface area contributed by atoms with Gasteiger partial charge in [0, 0.05) is 12.4 Å². The zero-order chi connectivity index (χ0) is 19.4. The van der Waals surface area contributed by atoms with Gasteiger partial charge in [-0.05, 0) is 31.2 Å². The van der Waals surface area contributed by atoms with Crippen LogP contribution in [-0.2, 0) is 0 Å². The molecular formula is C17H16FN7O2. The summed E-state index contributed by atoms with van der Waals surface area (Å²) in [6.07, 6.45) is 3.84. The van der Waals surface area contributed by atoms with Gasteiger partial charge in [-0.25, -0.2) is 9.37 Å². The summed E-state index contributed by atoms with van der Waals surface area (Å²) in [5.41, 5.74) is 5.87. The molecule has 0 aromatic carbocycles. The second-order valence-corrected chi connectivity index (χ2v) is 5.63. The summed E-state index contributed by atoms with van der Waals surface area (Å²) in [5.74, 6) is -0.921. The van der Waals surface area contributed by atoms with Crippen molar-refractivity contribution in [2.45, 2.75) is 13.0 Å². The first-order chi connectivity index (χ1) is 12.9. The van der Waals surface area contributed by atoms with Crippen LogP contribution in [0.4, 0.5) is 21.8 Å². The van der Waals surface area contributed by atoms with E-state index in [1.807, 2.05) is 0 Å². The number of carbonyl (C=O) groups excluding carboxylic acids is 1. The van der Waals surface area contributed by atoms with Crippen LogP contribution in [0, 0.1) is 5.82 Å². The van der Waals surface area contributed by atoms with Gasteiger partial charge in [0.2, 0.25) is 5.95 Å². The molecule has 0 radical (unpaired) electrons. The molecule has 0 saturated heterocycles. The molecule has 3 heterocycles. The van der Waals surface area contributed by atoms with Crippen LogP contribution in [0.25, 0.3) is 0 Å². The highest BCUT2D eigenvalue weighted by atomic mass is 19.1. The van der Waals surface area contributed by atoms with E-state index in [9.17, 15) is 14.0 Å². The fourth-order valence-corrected chi connectivity index (χ4v) is 2.30. The number of H-pyrrole nitrogens is 1. The van der Waals surface area contributed by atoms with Crippen LogP contribution in [0.3, 0.4) is 0 Å². The fourth-order valence-electron chi connectivity index (χ4n) is 2.30. The van der Waals surface area contributed by atoms with Gasteiger partial charge in [0.15, 0.2) is 0 Å². The molecule has 9 nitrogen and oxygen atoms in total. The minimum atomic E-state index is -0.721. The molecule has 3 aromatic heterocycles. The van der Waals surface area contributed by atoms with Crippen LogP contribution in [0.5, 0.6) is 0 Å². The third-order valence-corrected chi connectivity index (χ3v) is 3.67. The summed E-state index contributed by atoms with van der Waals surface area (Å²) in [6.45, 7) is 1.77. The maximum absolute atomic E-state index is 13.0. The Hall–Kier alpha value is -3.82. The van der Waals surface area contributed by atoms with Crippen LogP contribution < -0.4 is 21.9 Å². The Morgan fingerprint density at radius 3 is 2.74 bits per heavy atom. The van der Waals surface area contributed by atoms with Gasteiger partial charge in [0.25, 0.3) is 11.5 Å². The van der Waals surface area contributed by atoms with Gasteiger partial charge in [0.1, 0.15) is 17.3 Å². The predicted octanol–water partition coefficient (Wildman–Crippen LogP) is 1.71. The van der Waals surface area contributed by atoms with Crippen LogP contribution in [0.1, 0.15) is 29.0 Å². The Kier molecular flexibility index (Phi) is 5.06. The van der Waals surface area contributed by atoms with E-state index in [1.54, 1.807) is 19.1 Å². The molecule has 0 bridgehead atoms. The summed E-state index contributed by atoms with van der Waals surface area (Å²) in [5, 5.41) is 5.78. The smallest absolute Gasteiger partial charge is 0.271 e. The number of nitrogens with zero attached hydrogens (tertiary/aromatic N) is 3. The van der Waals surface area contributed by atoms with E-state index >= 15 is 0 Å². The molecule has 0 aliphatic heterocycles. The van der Waals surface area contributed by atoms with Gasteiger partial charge in [-0.1, -0.05) is 0 Å². The Balaban J connectivity index is 1.90. The number of nitrogens with one attached hydrogen (secondary N) is 3. The normalized spacial score (nSPS) is 11.6. The maximum atomic E-state index is 13.0. The van der Waals surface area contributed by atoms with Crippen LogP contribution >= 0.6 is 0 Å². The molecule has 3 aromatic rings. The zero-order valence-corrected chi connectivity index (χ0v) is 14.2. The number of hydrogen-bond donors (Lipinski definition) is 4. The Bertz CT molecular complexity index is 1020. The SMILES string of the molecule is C[C@H](Nc1nc(Nc2ccc[nH]c2=O)ncc1C(N)=O)c1ccc(F)cn1. The van der Waals surface area contributed by atoms with Gasteiger partial charge in [0.05, 0.1) is 23.5 Å². The summed E-state index contributed by atoms with van der Waals surface area (Å²) >= 11 is 0. The van der Waals surface area contributed by atoms with Crippen molar-refractivity contribution in [3.8, 4) is 0 Å². The monoisotopic (exact) mass is 369 g/mol. The number of nitrogens with two attached hydrogens (primary N) is 1. The number of aromatic nitrogens is 4. The topological polar surface area (TPSA) is 139 Å². The molecule has 138 valence electrons. The number of amides is 1. The highest BCUT2D eigenvalue weighted by Gasteiger charge is 2.16. The quantitative estimate of drug-likeness (QED) is 0.519. The summed E-state index contributed by atoms with van der Waals surface area (Å²) in [6, 6.07) is 5.60. The summed E-state index contributed by atoms with van der Waals surface area (Å²) in [4.78, 5) is 38.2. The lowest BCUT2D eigenvalue weighted by Gasteiger charge is -2.16. The molecule has 27 heavy (non-hydrogen) atoms. The molecule has 1 atom stereocenters. The standard InChI is InChI=1S/C17H16FN7O2/c1-9(12-5-4-10(18)7-21-12)23-15-11(14(19)26)8-22-17(25-15)24-13-3-2-6-20-16(13)27/h2-9H,1H3,(H2,19,26)(H,20,27)(H2,22,23,24,25)/t9-/m0/s1. The van der Waals surface area contributed by atoms with Crippen molar-refractivity contribution in [2.24, 2.45) is 5.73 Å². The second-order valence-electron chi connectivity index (χ2n) is 5.63. The lowest BCUT2D eigenvalue weighted by atomic mass is 10.2. The molecule has 0 unspecified atom stereocenters. The first-order valence-electron chi connectivity index (χ1n) is 7.93. The van der Waals surface area contributed by atoms with Crippen molar-refractivity contribution in [1.82, 2.24) is 19.9 Å². The number of halogens is 1. The van der Waals surface area contributed by atoms with Crippen LogP contribution in [0.2, 0.25) is 0 Å². The van der Waals surface area contributed by atoms with E-state index in [4.69, 9.17) is 5.73 Å². The number of aromatic amines is 1. The largest absolute Gasteiger partial charge is 0.365 e. The molecule has 0 aliphatic rings. The zero-order valence-electron chi connectivity index (χ0n) is 14.2. The molecule has 0 fully saturated rings. The summed E-state index contributed by atoms with van der Waals surface area (Å²) < 4.78 is 13.0. The van der Waals surface area contributed by atoms with E-state index in [0.29, 0.717) is 5.69 Å². The number of pyridine rings is 2. The molecule has 10 heteroatoms. The minimum Gasteiger partial charge on any atom is -0.365 e. The van der Waals surface area contributed by atoms with Crippen LogP contribution in [-0.4, -0.2) is 25.8 Å². The predicted molar refractivity (Wildman–Crippen MR) is 97.1 cm³/mol. The number of primary amides is 1. The van der Waals surface area contributed by atoms with Crippen molar-refractivity contribution in [3.05, 3.63) is 70.3 Å². The lowest BCUT2D eigenvalue weighted by Crippen LogP contribution is -2.19. The average molecular weight is 369 g/mol. The van der Waals surface area contributed by atoms with Crippen molar-refractivity contribution in [1.29, 1.82) is 0 Å². The number of carbonyl (C=O) groups is 1. The molecule has 1 amide bonds. The number of hydrogen-bond acceptors (Lipinski definition) is 7. The van der Waals surface area contributed by atoms with E-state index in [0.717, 1.165) is 6.20 Å². The summed E-state index contributed by atoms with van der Waals surface area (Å²) in [7, 11) is 0. The Labute approximate surface area is 152 Å².